The van der Waals surface area contributed by atoms with E-state index in [1.165, 1.54) is 12.8 Å². The van der Waals surface area contributed by atoms with Gasteiger partial charge in [0, 0.05) is 56.0 Å². The van der Waals surface area contributed by atoms with Crippen LogP contribution in [0.4, 0.5) is 0 Å². The molecule has 8 heteroatoms. The van der Waals surface area contributed by atoms with E-state index in [1.807, 2.05) is 19.1 Å². The minimum Gasteiger partial charge on any atom is -0.337 e. The van der Waals surface area contributed by atoms with E-state index in [0.29, 0.717) is 23.8 Å². The van der Waals surface area contributed by atoms with Crippen molar-refractivity contribution >= 4 is 33.1 Å². The predicted molar refractivity (Wildman–Crippen MR) is 139 cm³/mol. The average Bonchev–Trinajstić information content (AvgIpc) is 3.31. The van der Waals surface area contributed by atoms with E-state index in [-0.39, 0.29) is 41.6 Å². The molecule has 2 atom stereocenters. The number of Topliss-reactive ketones (excluding diaryl/α,β-unsaturated/α-hetero) is 1. The lowest BCUT2D eigenvalue weighted by atomic mass is 9.93. The lowest BCUT2D eigenvalue weighted by Crippen LogP contribution is -2.54. The molecule has 1 unspecified atom stereocenters. The standard InChI is InChI=1S/C27H39ClN2O4S/c1-19-16-29(9-10-30(19)27(32)22-7-3-4-8-22)17-24-14-25(28)13-23(20(24)2)15-26(31)12-21-6-5-11-35(33,34)18-21/h13-14,19,21-22H,3-12,15-18H2,1-2H3/t19-,21?/m0/s1. The molecule has 2 saturated heterocycles. The molecule has 1 aromatic rings. The van der Waals surface area contributed by atoms with Crippen molar-refractivity contribution in [3.63, 3.8) is 0 Å². The Kier molecular flexibility index (Phi) is 8.60. The normalized spacial score (nSPS) is 25.6. The molecule has 1 aromatic carbocycles. The van der Waals surface area contributed by atoms with Gasteiger partial charge in [-0.1, -0.05) is 24.4 Å². The Morgan fingerprint density at radius 3 is 2.46 bits per heavy atom. The third-order valence-corrected chi connectivity index (χ3v) is 10.3. The summed E-state index contributed by atoms with van der Waals surface area (Å²) < 4.78 is 23.9. The summed E-state index contributed by atoms with van der Waals surface area (Å²) in [5.41, 5.74) is 3.12. The van der Waals surface area contributed by atoms with E-state index in [1.54, 1.807) is 0 Å². The van der Waals surface area contributed by atoms with Gasteiger partial charge in [-0.25, -0.2) is 8.42 Å². The third kappa shape index (κ3) is 6.86. The largest absolute Gasteiger partial charge is 0.337 e. The summed E-state index contributed by atoms with van der Waals surface area (Å²) in [4.78, 5) is 30.2. The Labute approximate surface area is 215 Å². The fraction of sp³-hybridized carbons (Fsp3) is 0.704. The first-order chi connectivity index (χ1) is 16.6. The Morgan fingerprint density at radius 2 is 1.77 bits per heavy atom. The van der Waals surface area contributed by atoms with Crippen molar-refractivity contribution in [2.75, 3.05) is 31.1 Å². The minimum atomic E-state index is -3.01. The molecule has 3 fully saturated rings. The molecule has 35 heavy (non-hydrogen) atoms. The van der Waals surface area contributed by atoms with E-state index in [2.05, 4.69) is 16.7 Å². The smallest absolute Gasteiger partial charge is 0.226 e. The molecule has 0 radical (unpaired) electrons. The molecule has 1 amide bonds. The summed E-state index contributed by atoms with van der Waals surface area (Å²) in [5.74, 6) is 0.941. The molecule has 3 aliphatic rings. The van der Waals surface area contributed by atoms with Gasteiger partial charge in [-0.15, -0.1) is 0 Å². The summed E-state index contributed by atoms with van der Waals surface area (Å²) >= 11 is 6.46. The number of carbonyl (C=O) groups excluding carboxylic acids is 2. The zero-order valence-electron chi connectivity index (χ0n) is 21.1. The zero-order valence-corrected chi connectivity index (χ0v) is 22.7. The highest BCUT2D eigenvalue weighted by atomic mass is 35.5. The highest BCUT2D eigenvalue weighted by Crippen LogP contribution is 2.29. The Hall–Kier alpha value is -1.44. The van der Waals surface area contributed by atoms with Gasteiger partial charge < -0.3 is 4.90 Å². The minimum absolute atomic E-state index is 0.0649. The van der Waals surface area contributed by atoms with Crippen LogP contribution in [0.1, 0.15) is 68.6 Å². The number of benzene rings is 1. The average molecular weight is 523 g/mol. The molecular weight excluding hydrogens is 484 g/mol. The van der Waals surface area contributed by atoms with E-state index < -0.39 is 9.84 Å². The number of piperazine rings is 1. The van der Waals surface area contributed by atoms with E-state index in [0.717, 1.165) is 62.1 Å². The van der Waals surface area contributed by atoms with Crippen molar-refractivity contribution in [2.45, 2.75) is 77.8 Å². The maximum absolute atomic E-state index is 12.9. The molecule has 2 aliphatic heterocycles. The Morgan fingerprint density at radius 1 is 1.06 bits per heavy atom. The quantitative estimate of drug-likeness (QED) is 0.536. The molecule has 0 spiro atoms. The first-order valence-electron chi connectivity index (χ1n) is 13.1. The topological polar surface area (TPSA) is 74.8 Å². The van der Waals surface area contributed by atoms with Crippen molar-refractivity contribution in [1.82, 2.24) is 9.80 Å². The van der Waals surface area contributed by atoms with Gasteiger partial charge >= 0.3 is 0 Å². The molecule has 1 aliphatic carbocycles. The summed E-state index contributed by atoms with van der Waals surface area (Å²) in [5, 5.41) is 0.622. The summed E-state index contributed by atoms with van der Waals surface area (Å²) in [6, 6.07) is 4.04. The van der Waals surface area contributed by atoms with Crippen LogP contribution in [-0.2, 0) is 32.4 Å². The number of rotatable bonds is 7. The second-order valence-corrected chi connectivity index (χ2v) is 13.7. The van der Waals surface area contributed by atoms with Crippen LogP contribution in [0.3, 0.4) is 0 Å². The van der Waals surface area contributed by atoms with Gasteiger partial charge in [-0.05, 0) is 74.3 Å². The third-order valence-electron chi connectivity index (χ3n) is 8.14. The van der Waals surface area contributed by atoms with Crippen LogP contribution in [0.5, 0.6) is 0 Å². The number of ketones is 1. The van der Waals surface area contributed by atoms with Crippen LogP contribution in [0, 0.1) is 18.8 Å². The van der Waals surface area contributed by atoms with Crippen molar-refractivity contribution < 1.29 is 18.0 Å². The van der Waals surface area contributed by atoms with Gasteiger partial charge in [-0.2, -0.15) is 0 Å². The van der Waals surface area contributed by atoms with Crippen LogP contribution in [0.25, 0.3) is 0 Å². The predicted octanol–water partition coefficient (Wildman–Crippen LogP) is 4.20. The number of hydrogen-bond donors (Lipinski definition) is 0. The molecule has 4 rings (SSSR count). The van der Waals surface area contributed by atoms with Crippen LogP contribution >= 0.6 is 11.6 Å². The second-order valence-electron chi connectivity index (χ2n) is 11.0. The summed E-state index contributed by atoms with van der Waals surface area (Å²) in [7, 11) is -3.01. The molecule has 0 bridgehead atoms. The van der Waals surface area contributed by atoms with Crippen LogP contribution in [0.15, 0.2) is 12.1 Å². The molecule has 2 heterocycles. The van der Waals surface area contributed by atoms with Crippen molar-refractivity contribution in [2.24, 2.45) is 11.8 Å². The summed E-state index contributed by atoms with van der Waals surface area (Å²) in [6.45, 7) is 7.34. The van der Waals surface area contributed by atoms with Gasteiger partial charge in [-0.3, -0.25) is 14.5 Å². The van der Waals surface area contributed by atoms with Gasteiger partial charge in [0.05, 0.1) is 11.5 Å². The highest BCUT2D eigenvalue weighted by Gasteiger charge is 2.33. The fourth-order valence-electron chi connectivity index (χ4n) is 6.18. The molecule has 0 aromatic heterocycles. The van der Waals surface area contributed by atoms with E-state index in [9.17, 15) is 18.0 Å². The first kappa shape index (κ1) is 26.6. The Balaban J connectivity index is 1.36. The SMILES string of the molecule is Cc1c(CC(=O)CC2CCCS(=O)(=O)C2)cc(Cl)cc1CN1CCN(C(=O)C2CCCC2)[C@@H](C)C1. The second kappa shape index (κ2) is 11.3. The lowest BCUT2D eigenvalue weighted by molar-refractivity contribution is -0.140. The number of halogens is 1. The number of carbonyl (C=O) groups is 2. The summed E-state index contributed by atoms with van der Waals surface area (Å²) in [6.07, 6.45) is 6.46. The number of hydrogen-bond acceptors (Lipinski definition) is 5. The van der Waals surface area contributed by atoms with E-state index in [4.69, 9.17) is 11.6 Å². The van der Waals surface area contributed by atoms with Crippen LogP contribution < -0.4 is 0 Å². The maximum atomic E-state index is 12.9. The number of nitrogens with zero attached hydrogens (tertiary/aromatic N) is 2. The first-order valence-corrected chi connectivity index (χ1v) is 15.3. The van der Waals surface area contributed by atoms with Crippen molar-refractivity contribution in [3.05, 3.63) is 33.8 Å². The maximum Gasteiger partial charge on any atom is 0.226 e. The van der Waals surface area contributed by atoms with Crippen molar-refractivity contribution in [3.8, 4) is 0 Å². The highest BCUT2D eigenvalue weighted by molar-refractivity contribution is 7.91. The van der Waals surface area contributed by atoms with Crippen LogP contribution in [-0.4, -0.2) is 67.1 Å². The van der Waals surface area contributed by atoms with E-state index >= 15 is 0 Å². The molecule has 194 valence electrons. The van der Waals surface area contributed by atoms with Gasteiger partial charge in [0.2, 0.25) is 5.91 Å². The van der Waals surface area contributed by atoms with Gasteiger partial charge in [0.15, 0.2) is 9.84 Å². The molecular formula is C27H39ClN2O4S. The number of amides is 1. The molecule has 0 N–H and O–H groups in total. The molecule has 6 nitrogen and oxygen atoms in total. The Bertz CT molecular complexity index is 1050. The van der Waals surface area contributed by atoms with Gasteiger partial charge in [0.25, 0.3) is 0 Å². The number of sulfone groups is 1. The molecule has 1 saturated carbocycles. The monoisotopic (exact) mass is 522 g/mol. The van der Waals surface area contributed by atoms with Crippen LogP contribution in [0.2, 0.25) is 5.02 Å². The zero-order chi connectivity index (χ0) is 25.2. The van der Waals surface area contributed by atoms with Gasteiger partial charge in [0.1, 0.15) is 5.78 Å². The van der Waals surface area contributed by atoms with Crippen molar-refractivity contribution in [1.29, 1.82) is 0 Å². The fourth-order valence-corrected chi connectivity index (χ4v) is 8.22. The lowest BCUT2D eigenvalue weighted by Gasteiger charge is -2.41.